The lowest BCUT2D eigenvalue weighted by molar-refractivity contribution is 0.112. The van der Waals surface area contributed by atoms with Gasteiger partial charge >= 0.3 is 0 Å². The molecular weight excluding hydrogens is 225 g/mol. The summed E-state index contributed by atoms with van der Waals surface area (Å²) in [5.74, 6) is -0.0219. The third kappa shape index (κ3) is 1.97. The first-order chi connectivity index (χ1) is 8.70. The van der Waals surface area contributed by atoms with E-state index < -0.39 is 0 Å². The molecule has 0 saturated heterocycles. The Morgan fingerprint density at radius 2 is 1.94 bits per heavy atom. The first-order valence-corrected chi connectivity index (χ1v) is 7.16. The first-order valence-electron chi connectivity index (χ1n) is 7.16. The monoisotopic (exact) mass is 247 g/mol. The molecule has 1 N–H and O–H groups in total. The summed E-state index contributed by atoms with van der Waals surface area (Å²) < 4.78 is 14.1. The van der Waals surface area contributed by atoms with Crippen molar-refractivity contribution in [1.29, 1.82) is 0 Å². The van der Waals surface area contributed by atoms with E-state index in [0.717, 1.165) is 25.1 Å². The largest absolute Gasteiger partial charge is 0.316 e. The number of benzene rings is 1. The third-order valence-corrected chi connectivity index (χ3v) is 4.72. The SMILES string of the molecule is CCCNCC1(c2ccccc2F)CC2(CC2)C1. The van der Waals surface area contributed by atoms with Crippen LogP contribution in [0.5, 0.6) is 0 Å². The Balaban J connectivity index is 1.80. The summed E-state index contributed by atoms with van der Waals surface area (Å²) in [6.45, 7) is 4.14. The maximum Gasteiger partial charge on any atom is 0.127 e. The fourth-order valence-corrected chi connectivity index (χ4v) is 3.72. The normalized spacial score (nSPS) is 22.8. The van der Waals surface area contributed by atoms with Crippen LogP contribution in [-0.4, -0.2) is 13.1 Å². The molecule has 2 fully saturated rings. The predicted octanol–water partition coefficient (Wildman–Crippen LogP) is 3.64. The van der Waals surface area contributed by atoms with Gasteiger partial charge in [-0.3, -0.25) is 0 Å². The fraction of sp³-hybridized carbons (Fsp3) is 0.625. The highest BCUT2D eigenvalue weighted by atomic mass is 19.1. The molecule has 18 heavy (non-hydrogen) atoms. The molecule has 0 bridgehead atoms. The third-order valence-electron chi connectivity index (χ3n) is 4.72. The van der Waals surface area contributed by atoms with Crippen LogP contribution in [0.2, 0.25) is 0 Å². The molecule has 0 radical (unpaired) electrons. The Hall–Kier alpha value is -0.890. The van der Waals surface area contributed by atoms with Crippen LogP contribution in [0.3, 0.4) is 0 Å². The summed E-state index contributed by atoms with van der Waals surface area (Å²) in [4.78, 5) is 0. The second kappa shape index (κ2) is 4.34. The molecule has 1 aromatic carbocycles. The van der Waals surface area contributed by atoms with Crippen molar-refractivity contribution in [2.45, 2.75) is 44.4 Å². The van der Waals surface area contributed by atoms with Gasteiger partial charge in [-0.25, -0.2) is 4.39 Å². The molecule has 0 amide bonds. The van der Waals surface area contributed by atoms with Gasteiger partial charge in [0.25, 0.3) is 0 Å². The zero-order chi connectivity index (χ0) is 12.6. The summed E-state index contributed by atoms with van der Waals surface area (Å²) in [5, 5.41) is 3.50. The first kappa shape index (κ1) is 12.2. The van der Waals surface area contributed by atoms with Gasteiger partial charge in [0.2, 0.25) is 0 Å². The molecule has 0 atom stereocenters. The number of hydrogen-bond acceptors (Lipinski definition) is 1. The number of halogens is 1. The molecule has 1 spiro atoms. The molecule has 2 aliphatic carbocycles. The highest BCUT2D eigenvalue weighted by molar-refractivity contribution is 5.34. The van der Waals surface area contributed by atoms with Crippen molar-refractivity contribution in [3.05, 3.63) is 35.6 Å². The van der Waals surface area contributed by atoms with Crippen LogP contribution in [0, 0.1) is 11.2 Å². The van der Waals surface area contributed by atoms with Gasteiger partial charge in [0.05, 0.1) is 0 Å². The van der Waals surface area contributed by atoms with Crippen molar-refractivity contribution >= 4 is 0 Å². The van der Waals surface area contributed by atoms with Gasteiger partial charge in [0.15, 0.2) is 0 Å². The number of nitrogens with one attached hydrogen (secondary N) is 1. The predicted molar refractivity (Wildman–Crippen MR) is 72.1 cm³/mol. The lowest BCUT2D eigenvalue weighted by Gasteiger charge is -2.49. The molecule has 0 aromatic heterocycles. The second-order valence-electron chi connectivity index (χ2n) is 6.29. The molecule has 2 heteroatoms. The fourth-order valence-electron chi connectivity index (χ4n) is 3.72. The van der Waals surface area contributed by atoms with Crippen LogP contribution in [0.4, 0.5) is 4.39 Å². The molecule has 0 unspecified atom stereocenters. The second-order valence-corrected chi connectivity index (χ2v) is 6.29. The quantitative estimate of drug-likeness (QED) is 0.783. The van der Waals surface area contributed by atoms with E-state index in [0.29, 0.717) is 5.41 Å². The van der Waals surface area contributed by atoms with Crippen LogP contribution >= 0.6 is 0 Å². The lowest BCUT2D eigenvalue weighted by atomic mass is 9.56. The summed E-state index contributed by atoms with van der Waals surface area (Å²) in [7, 11) is 0. The topological polar surface area (TPSA) is 12.0 Å². The molecule has 2 saturated carbocycles. The molecule has 98 valence electrons. The van der Waals surface area contributed by atoms with Gasteiger partial charge in [0.1, 0.15) is 5.82 Å². The molecule has 3 rings (SSSR count). The maximum atomic E-state index is 14.1. The Bertz CT molecular complexity index is 428. The average molecular weight is 247 g/mol. The molecular formula is C16H22FN. The van der Waals surface area contributed by atoms with Gasteiger partial charge < -0.3 is 5.32 Å². The molecule has 0 aliphatic heterocycles. The van der Waals surface area contributed by atoms with Crippen molar-refractivity contribution in [1.82, 2.24) is 5.32 Å². The van der Waals surface area contributed by atoms with E-state index in [4.69, 9.17) is 0 Å². The Morgan fingerprint density at radius 1 is 1.22 bits per heavy atom. The molecule has 1 nitrogen and oxygen atoms in total. The minimum Gasteiger partial charge on any atom is -0.316 e. The van der Waals surface area contributed by atoms with Gasteiger partial charge in [-0.05, 0) is 55.7 Å². The minimum absolute atomic E-state index is 0.0219. The Labute approximate surface area is 109 Å². The van der Waals surface area contributed by atoms with E-state index in [9.17, 15) is 4.39 Å². The van der Waals surface area contributed by atoms with Crippen LogP contribution in [0.1, 0.15) is 44.6 Å². The van der Waals surface area contributed by atoms with Gasteiger partial charge in [-0.1, -0.05) is 25.1 Å². The summed E-state index contributed by atoms with van der Waals surface area (Å²) in [6, 6.07) is 7.35. The standard InChI is InChI=1S/C16H22FN/c1-2-9-18-12-16(10-15(11-16)7-8-15)13-5-3-4-6-14(13)17/h3-6,18H,2,7-12H2,1H3. The van der Waals surface area contributed by atoms with Crippen molar-refractivity contribution in [3.63, 3.8) is 0 Å². The van der Waals surface area contributed by atoms with Gasteiger partial charge in [-0.2, -0.15) is 0 Å². The van der Waals surface area contributed by atoms with E-state index in [-0.39, 0.29) is 11.2 Å². The van der Waals surface area contributed by atoms with E-state index >= 15 is 0 Å². The van der Waals surface area contributed by atoms with E-state index in [1.807, 2.05) is 12.1 Å². The summed E-state index contributed by atoms with van der Waals surface area (Å²) in [5.41, 5.74) is 1.60. The average Bonchev–Trinajstić information content (AvgIpc) is 3.09. The number of hydrogen-bond donors (Lipinski definition) is 1. The summed E-state index contributed by atoms with van der Waals surface area (Å²) >= 11 is 0. The number of rotatable bonds is 5. The lowest BCUT2D eigenvalue weighted by Crippen LogP contribution is -2.50. The van der Waals surface area contributed by atoms with Crippen LogP contribution < -0.4 is 5.32 Å². The van der Waals surface area contributed by atoms with Crippen molar-refractivity contribution < 1.29 is 4.39 Å². The molecule has 2 aliphatic rings. The van der Waals surface area contributed by atoms with Gasteiger partial charge in [0, 0.05) is 12.0 Å². The molecule has 1 aromatic rings. The van der Waals surface area contributed by atoms with E-state index in [2.05, 4.69) is 12.2 Å². The van der Waals surface area contributed by atoms with Crippen molar-refractivity contribution in [2.24, 2.45) is 5.41 Å². The zero-order valence-corrected chi connectivity index (χ0v) is 11.1. The van der Waals surface area contributed by atoms with E-state index in [1.165, 1.54) is 25.7 Å². The smallest absolute Gasteiger partial charge is 0.127 e. The van der Waals surface area contributed by atoms with Crippen LogP contribution in [0.25, 0.3) is 0 Å². The van der Waals surface area contributed by atoms with Crippen LogP contribution in [-0.2, 0) is 5.41 Å². The van der Waals surface area contributed by atoms with E-state index in [1.54, 1.807) is 12.1 Å². The highest BCUT2D eigenvalue weighted by Crippen LogP contribution is 2.68. The summed E-state index contributed by atoms with van der Waals surface area (Å²) in [6.07, 6.45) is 6.21. The highest BCUT2D eigenvalue weighted by Gasteiger charge is 2.61. The maximum absolute atomic E-state index is 14.1. The molecule has 0 heterocycles. The van der Waals surface area contributed by atoms with Crippen LogP contribution in [0.15, 0.2) is 24.3 Å². The Morgan fingerprint density at radius 3 is 2.56 bits per heavy atom. The van der Waals surface area contributed by atoms with Crippen molar-refractivity contribution in [2.75, 3.05) is 13.1 Å². The van der Waals surface area contributed by atoms with Crippen molar-refractivity contribution in [3.8, 4) is 0 Å². The minimum atomic E-state index is -0.0219. The van der Waals surface area contributed by atoms with Gasteiger partial charge in [-0.15, -0.1) is 0 Å². The zero-order valence-electron chi connectivity index (χ0n) is 11.1. The Kier molecular flexibility index (Phi) is 2.93.